The summed E-state index contributed by atoms with van der Waals surface area (Å²) in [6.07, 6.45) is 8.92. The Balaban J connectivity index is 0.00000392. The first-order valence-electron chi connectivity index (χ1n) is 11.7. The van der Waals surface area contributed by atoms with Crippen molar-refractivity contribution < 1.29 is 48.0 Å². The van der Waals surface area contributed by atoms with Gasteiger partial charge >= 0.3 is 185 Å². The molecule has 0 radical (unpaired) electrons. The third-order valence-electron chi connectivity index (χ3n) is 10.6. The molecule has 0 bridgehead atoms. The summed E-state index contributed by atoms with van der Waals surface area (Å²) in [5.41, 5.74) is 1.97. The maximum atomic E-state index is 2.70. The van der Waals surface area contributed by atoms with Crippen molar-refractivity contribution in [3.05, 3.63) is 0 Å². The second-order valence-corrected chi connectivity index (χ2v) is 20.0. The second-order valence-electron chi connectivity index (χ2n) is 13.5. The molecule has 0 N–H and O–H groups in total. The van der Waals surface area contributed by atoms with Gasteiger partial charge in [0, 0.05) is 0 Å². The van der Waals surface area contributed by atoms with Gasteiger partial charge in [0.25, 0.3) is 0 Å². The van der Waals surface area contributed by atoms with E-state index in [0.717, 1.165) is 11.8 Å². The fraction of sp³-hybridized carbons (Fsp3) is 1.00. The third-order valence-corrected chi connectivity index (χ3v) is 15.7. The smallest absolute Gasteiger partial charge is 1.00 e. The largest absolute Gasteiger partial charge is 1.00 e. The Labute approximate surface area is 208 Å². The van der Waals surface area contributed by atoms with Gasteiger partial charge in [0.05, 0.1) is 0 Å². The van der Waals surface area contributed by atoms with Gasteiger partial charge < -0.3 is 24.8 Å². The molecular weight excluding hydrogens is 474 g/mol. The van der Waals surface area contributed by atoms with Crippen molar-refractivity contribution in [2.45, 2.75) is 128 Å². The number of hydrogen-bond acceptors (Lipinski definition) is 0. The van der Waals surface area contributed by atoms with E-state index in [0.29, 0.717) is 27.9 Å². The molecule has 4 atom stereocenters. The van der Waals surface area contributed by atoms with E-state index in [2.05, 4.69) is 83.1 Å². The summed E-state index contributed by atoms with van der Waals surface area (Å²) in [5.74, 6) is 1.54. The molecule has 2 aliphatic rings. The van der Waals surface area contributed by atoms with Gasteiger partial charge in [0.2, 0.25) is 0 Å². The van der Waals surface area contributed by atoms with Crippen LogP contribution in [0, 0.1) is 33.5 Å². The maximum Gasteiger partial charge on any atom is -1.00 e. The van der Waals surface area contributed by atoms with E-state index in [4.69, 9.17) is 0 Å². The van der Waals surface area contributed by atoms with Gasteiger partial charge in [-0.1, -0.05) is 0 Å². The average molecular weight is 525 g/mol. The predicted octanol–water partition coefficient (Wildman–Crippen LogP) is 3.18. The zero-order valence-electron chi connectivity index (χ0n) is 21.7. The van der Waals surface area contributed by atoms with Gasteiger partial charge in [-0.05, 0) is 0 Å². The summed E-state index contributed by atoms with van der Waals surface area (Å²) < 4.78 is 1.40. The molecule has 0 amide bonds. The van der Waals surface area contributed by atoms with Crippen molar-refractivity contribution in [1.29, 1.82) is 0 Å². The van der Waals surface area contributed by atoms with Gasteiger partial charge in [0.15, 0.2) is 0 Å². The van der Waals surface area contributed by atoms with Gasteiger partial charge in [0.1, 0.15) is 0 Å². The maximum absolute atomic E-state index is 2.70. The Morgan fingerprint density at radius 3 is 1.10 bits per heavy atom. The summed E-state index contributed by atoms with van der Waals surface area (Å²) in [6, 6.07) is 0. The van der Waals surface area contributed by atoms with Crippen LogP contribution in [0.3, 0.4) is 0 Å². The van der Waals surface area contributed by atoms with Crippen molar-refractivity contribution in [2.24, 2.45) is 33.5 Å². The minimum absolute atomic E-state index is 0. The summed E-state index contributed by atoms with van der Waals surface area (Å²) in [7, 11) is 0. The quantitative estimate of drug-likeness (QED) is 0.501. The van der Waals surface area contributed by atoms with Crippen LogP contribution in [-0.2, 0) is 23.2 Å². The van der Waals surface area contributed by atoms with Gasteiger partial charge in [-0.3, -0.25) is 0 Å². The molecule has 0 aromatic carbocycles. The van der Waals surface area contributed by atoms with Crippen LogP contribution in [0.5, 0.6) is 0 Å². The zero-order valence-corrected chi connectivity index (χ0v) is 25.6. The summed E-state index contributed by atoms with van der Waals surface area (Å²) in [6.45, 7) is 30.6. The SMILES string of the molecule is CC(C)C(C)(C)C1(C)CC[C](C)([Zr+2][C]2(C)CCC(C)(C(C)(C)C(C)C)C2)C1.[Cl-].[Cl-]. The van der Waals surface area contributed by atoms with E-state index >= 15 is 0 Å². The van der Waals surface area contributed by atoms with Crippen molar-refractivity contribution in [3.63, 3.8) is 0 Å². The van der Waals surface area contributed by atoms with E-state index in [-0.39, 0.29) is 24.8 Å². The van der Waals surface area contributed by atoms with Crippen molar-refractivity contribution in [2.75, 3.05) is 0 Å². The Bertz CT molecular complexity index is 507. The molecule has 2 saturated carbocycles. The average Bonchev–Trinajstić information content (AvgIpc) is 2.97. The minimum Gasteiger partial charge on any atom is -1.00 e. The standard InChI is InChI=1S/2C13H25.2ClH.Zr/c2*1-10(2)12(4,5)13(6)8-7-11(3)9-13;;;/h2*10H,7-9H2,1-6H3;2*1H;/q;;;;+2/p-2. The fourth-order valence-corrected chi connectivity index (χ4v) is 13.8. The van der Waals surface area contributed by atoms with Crippen LogP contribution in [0.25, 0.3) is 0 Å². The third kappa shape index (κ3) is 5.52. The van der Waals surface area contributed by atoms with Crippen LogP contribution in [-0.4, -0.2) is 0 Å². The number of hydrogen-bond donors (Lipinski definition) is 0. The van der Waals surface area contributed by atoms with E-state index < -0.39 is 23.2 Å². The normalized spacial score (nSPS) is 38.0. The van der Waals surface area contributed by atoms with E-state index in [9.17, 15) is 0 Å². The predicted molar refractivity (Wildman–Crippen MR) is 118 cm³/mol. The first-order valence-corrected chi connectivity index (χ1v) is 14.2. The second kappa shape index (κ2) is 9.37. The molecule has 172 valence electrons. The summed E-state index contributed by atoms with van der Waals surface area (Å²) in [5, 5.41) is 0. The molecule has 29 heavy (non-hydrogen) atoms. The molecule has 0 spiro atoms. The van der Waals surface area contributed by atoms with Crippen molar-refractivity contribution in [3.8, 4) is 0 Å². The van der Waals surface area contributed by atoms with Crippen LogP contribution < -0.4 is 24.8 Å². The molecule has 2 fully saturated rings. The molecule has 0 heterocycles. The van der Waals surface area contributed by atoms with Gasteiger partial charge in [-0.2, -0.15) is 0 Å². The van der Waals surface area contributed by atoms with E-state index in [1.54, 1.807) is 0 Å². The summed E-state index contributed by atoms with van der Waals surface area (Å²) in [4.78, 5) is 0. The molecule has 0 saturated heterocycles. The number of halogens is 2. The monoisotopic (exact) mass is 522 g/mol. The molecule has 3 heteroatoms. The molecular formula is C26H50Cl2Zr. The minimum atomic E-state index is -0.483. The Hall–Kier alpha value is 1.46. The van der Waals surface area contributed by atoms with Crippen LogP contribution >= 0.6 is 0 Å². The molecule has 4 unspecified atom stereocenters. The summed E-state index contributed by atoms with van der Waals surface area (Å²) >= 11 is -0.483. The molecule has 0 aromatic heterocycles. The number of rotatable bonds is 6. The molecule has 0 aliphatic heterocycles. The van der Waals surface area contributed by atoms with Crippen LogP contribution in [0.1, 0.15) is 122 Å². The van der Waals surface area contributed by atoms with Crippen molar-refractivity contribution >= 4 is 0 Å². The Morgan fingerprint density at radius 1 is 0.586 bits per heavy atom. The van der Waals surface area contributed by atoms with Gasteiger partial charge in [-0.15, -0.1) is 0 Å². The molecule has 0 aromatic rings. The topological polar surface area (TPSA) is 0 Å². The molecule has 0 nitrogen and oxygen atoms in total. The Morgan fingerprint density at radius 2 is 0.862 bits per heavy atom. The zero-order chi connectivity index (χ0) is 21.1. The van der Waals surface area contributed by atoms with E-state index in [1.807, 2.05) is 0 Å². The fourth-order valence-electron chi connectivity index (χ4n) is 6.62. The molecule has 2 rings (SSSR count). The molecule has 2 aliphatic carbocycles. The van der Waals surface area contributed by atoms with E-state index in [1.165, 1.54) is 38.5 Å². The van der Waals surface area contributed by atoms with Crippen molar-refractivity contribution in [1.82, 2.24) is 0 Å². The first-order chi connectivity index (χ1) is 11.9. The Kier molecular flexibility index (Phi) is 9.85. The van der Waals surface area contributed by atoms with Crippen LogP contribution in [0.2, 0.25) is 6.25 Å². The van der Waals surface area contributed by atoms with Crippen LogP contribution in [0.15, 0.2) is 0 Å². The van der Waals surface area contributed by atoms with Gasteiger partial charge in [-0.25, -0.2) is 0 Å². The first kappa shape index (κ1) is 30.5. The van der Waals surface area contributed by atoms with Crippen LogP contribution in [0.4, 0.5) is 0 Å².